The summed E-state index contributed by atoms with van der Waals surface area (Å²) in [6.45, 7) is -0.832. The Morgan fingerprint density at radius 2 is 2.11 bits per heavy atom. The lowest BCUT2D eigenvalue weighted by Crippen LogP contribution is -2.33. The summed E-state index contributed by atoms with van der Waals surface area (Å²) in [4.78, 5) is 11.2. The number of amides is 1. The van der Waals surface area contributed by atoms with Crippen molar-refractivity contribution in [2.75, 3.05) is 33.5 Å². The van der Waals surface area contributed by atoms with Crippen molar-refractivity contribution >= 4 is 5.91 Å². The van der Waals surface area contributed by atoms with Crippen LogP contribution in [0.5, 0.6) is 0 Å². The first-order chi connectivity index (χ1) is 8.35. The third kappa shape index (κ3) is 11.6. The highest BCUT2D eigenvalue weighted by atomic mass is 19.4. The van der Waals surface area contributed by atoms with Crippen LogP contribution in [0.15, 0.2) is 0 Å². The summed E-state index contributed by atoms with van der Waals surface area (Å²) in [6, 6.07) is -0.170. The Hall–Kier alpha value is -0.860. The molecule has 1 atom stereocenters. The molecule has 5 nitrogen and oxygen atoms in total. The van der Waals surface area contributed by atoms with E-state index in [2.05, 4.69) is 10.1 Å². The molecule has 0 aliphatic carbocycles. The van der Waals surface area contributed by atoms with Crippen LogP contribution >= 0.6 is 0 Å². The maximum Gasteiger partial charge on any atom is 0.411 e. The van der Waals surface area contributed by atoms with Gasteiger partial charge in [-0.05, 0) is 6.42 Å². The molecule has 0 saturated heterocycles. The summed E-state index contributed by atoms with van der Waals surface area (Å²) in [5.41, 5.74) is 5.61. The lowest BCUT2D eigenvalue weighted by molar-refractivity contribution is -0.174. The van der Waals surface area contributed by atoms with Gasteiger partial charge in [0.15, 0.2) is 0 Å². The standard InChI is InChI=1S/C10H19F3N2O3/c1-17-6-8(14)2-4-15-9(16)3-5-18-7-10(11,12)13/h8H,2-7,14H2,1H3,(H,15,16). The summed E-state index contributed by atoms with van der Waals surface area (Å²) in [5, 5.41) is 2.53. The van der Waals surface area contributed by atoms with E-state index in [1.807, 2.05) is 0 Å². The van der Waals surface area contributed by atoms with Crippen molar-refractivity contribution in [3.8, 4) is 0 Å². The minimum absolute atomic E-state index is 0.102. The zero-order chi connectivity index (χ0) is 14.0. The minimum atomic E-state index is -4.36. The maximum atomic E-state index is 11.7. The first kappa shape index (κ1) is 17.1. The third-order valence-corrected chi connectivity index (χ3v) is 1.96. The molecule has 1 unspecified atom stereocenters. The molecular weight excluding hydrogens is 253 g/mol. The van der Waals surface area contributed by atoms with Gasteiger partial charge in [0.05, 0.1) is 13.2 Å². The molecule has 3 N–H and O–H groups in total. The van der Waals surface area contributed by atoms with Gasteiger partial charge in [0, 0.05) is 26.1 Å². The van der Waals surface area contributed by atoms with Gasteiger partial charge in [-0.2, -0.15) is 13.2 Å². The molecule has 0 fully saturated rings. The molecule has 0 aromatic heterocycles. The van der Waals surface area contributed by atoms with Crippen LogP contribution in [0.2, 0.25) is 0 Å². The van der Waals surface area contributed by atoms with Crippen LogP contribution in [-0.4, -0.2) is 51.6 Å². The van der Waals surface area contributed by atoms with Gasteiger partial charge in [0.2, 0.25) is 5.91 Å². The largest absolute Gasteiger partial charge is 0.411 e. The van der Waals surface area contributed by atoms with Gasteiger partial charge in [0.1, 0.15) is 6.61 Å². The fraction of sp³-hybridized carbons (Fsp3) is 0.900. The van der Waals surface area contributed by atoms with E-state index < -0.39 is 12.8 Å². The molecule has 0 heterocycles. The monoisotopic (exact) mass is 272 g/mol. The molecule has 18 heavy (non-hydrogen) atoms. The van der Waals surface area contributed by atoms with Crippen LogP contribution in [0, 0.1) is 0 Å². The van der Waals surface area contributed by atoms with Crippen molar-refractivity contribution in [2.45, 2.75) is 25.1 Å². The summed E-state index contributed by atoms with van der Waals surface area (Å²) < 4.78 is 44.2. The second-order valence-electron chi connectivity index (χ2n) is 3.77. The minimum Gasteiger partial charge on any atom is -0.383 e. The molecule has 8 heteroatoms. The molecule has 108 valence electrons. The fourth-order valence-electron chi connectivity index (χ4n) is 1.14. The van der Waals surface area contributed by atoms with Gasteiger partial charge in [-0.3, -0.25) is 4.79 Å². The number of hydrogen-bond donors (Lipinski definition) is 2. The van der Waals surface area contributed by atoms with Gasteiger partial charge >= 0.3 is 6.18 Å². The van der Waals surface area contributed by atoms with E-state index in [9.17, 15) is 18.0 Å². The number of halogens is 3. The molecule has 0 rings (SSSR count). The Balaban J connectivity index is 3.43. The molecule has 0 bridgehead atoms. The van der Waals surface area contributed by atoms with Gasteiger partial charge in [-0.15, -0.1) is 0 Å². The molecule has 0 aliphatic heterocycles. The summed E-state index contributed by atoms with van der Waals surface area (Å²) >= 11 is 0. The number of carbonyl (C=O) groups is 1. The molecule has 0 radical (unpaired) electrons. The van der Waals surface area contributed by atoms with Gasteiger partial charge in [-0.1, -0.05) is 0 Å². The number of nitrogens with two attached hydrogens (primary N) is 1. The average Bonchev–Trinajstić information content (AvgIpc) is 2.23. The fourth-order valence-corrected chi connectivity index (χ4v) is 1.14. The summed E-state index contributed by atoms with van der Waals surface area (Å²) in [5.74, 6) is -0.359. The first-order valence-corrected chi connectivity index (χ1v) is 5.51. The van der Waals surface area contributed by atoms with Crippen molar-refractivity contribution < 1.29 is 27.4 Å². The van der Waals surface area contributed by atoms with Crippen molar-refractivity contribution in [3.63, 3.8) is 0 Å². The lowest BCUT2D eigenvalue weighted by atomic mass is 10.2. The highest BCUT2D eigenvalue weighted by molar-refractivity contribution is 5.75. The predicted molar refractivity (Wildman–Crippen MR) is 59.0 cm³/mol. The molecular formula is C10H19F3N2O3. The van der Waals surface area contributed by atoms with E-state index in [0.29, 0.717) is 19.6 Å². The Morgan fingerprint density at radius 3 is 2.67 bits per heavy atom. The topological polar surface area (TPSA) is 73.6 Å². The molecule has 0 saturated carbocycles. The van der Waals surface area contributed by atoms with E-state index in [4.69, 9.17) is 10.5 Å². The number of carbonyl (C=O) groups excluding carboxylic acids is 1. The molecule has 0 aromatic rings. The van der Waals surface area contributed by atoms with E-state index in [0.717, 1.165) is 0 Å². The highest BCUT2D eigenvalue weighted by Crippen LogP contribution is 2.14. The number of alkyl halides is 3. The number of ether oxygens (including phenoxy) is 2. The third-order valence-electron chi connectivity index (χ3n) is 1.96. The molecule has 1 amide bonds. The van der Waals surface area contributed by atoms with Gasteiger partial charge < -0.3 is 20.5 Å². The van der Waals surface area contributed by atoms with Crippen LogP contribution in [0.4, 0.5) is 13.2 Å². The van der Waals surface area contributed by atoms with Crippen LogP contribution in [-0.2, 0) is 14.3 Å². The van der Waals surface area contributed by atoms with Gasteiger partial charge in [0.25, 0.3) is 0 Å². The molecule has 0 aromatic carbocycles. The number of rotatable bonds is 9. The summed E-state index contributed by atoms with van der Waals surface area (Å²) in [7, 11) is 1.52. The molecule has 0 aliphatic rings. The van der Waals surface area contributed by atoms with Crippen molar-refractivity contribution in [1.82, 2.24) is 5.32 Å². The maximum absolute atomic E-state index is 11.7. The Kier molecular flexibility index (Phi) is 8.69. The van der Waals surface area contributed by atoms with Crippen LogP contribution in [0.25, 0.3) is 0 Å². The second kappa shape index (κ2) is 9.12. The van der Waals surface area contributed by atoms with Crippen molar-refractivity contribution in [2.24, 2.45) is 5.73 Å². The zero-order valence-corrected chi connectivity index (χ0v) is 10.3. The van der Waals surface area contributed by atoms with E-state index >= 15 is 0 Å². The van der Waals surface area contributed by atoms with E-state index in [1.165, 1.54) is 7.11 Å². The van der Waals surface area contributed by atoms with Crippen molar-refractivity contribution in [1.29, 1.82) is 0 Å². The first-order valence-electron chi connectivity index (χ1n) is 5.51. The Morgan fingerprint density at radius 1 is 1.44 bits per heavy atom. The predicted octanol–water partition coefficient (Wildman–Crippen LogP) is 0.435. The normalized spacial score (nSPS) is 13.4. The highest BCUT2D eigenvalue weighted by Gasteiger charge is 2.27. The van der Waals surface area contributed by atoms with Crippen LogP contribution < -0.4 is 11.1 Å². The Labute approximate surface area is 104 Å². The Bertz CT molecular complexity index is 237. The zero-order valence-electron chi connectivity index (χ0n) is 10.3. The van der Waals surface area contributed by atoms with Crippen molar-refractivity contribution in [3.05, 3.63) is 0 Å². The van der Waals surface area contributed by atoms with E-state index in [1.54, 1.807) is 0 Å². The van der Waals surface area contributed by atoms with E-state index in [-0.39, 0.29) is 25.0 Å². The SMILES string of the molecule is COCC(N)CCNC(=O)CCOCC(F)(F)F. The quantitative estimate of drug-likeness (QED) is 0.597. The van der Waals surface area contributed by atoms with Crippen LogP contribution in [0.1, 0.15) is 12.8 Å². The second-order valence-corrected chi connectivity index (χ2v) is 3.77. The summed E-state index contributed by atoms with van der Waals surface area (Å²) in [6.07, 6.45) is -3.91. The average molecular weight is 272 g/mol. The smallest absolute Gasteiger partial charge is 0.383 e. The number of hydrogen-bond acceptors (Lipinski definition) is 4. The van der Waals surface area contributed by atoms with Gasteiger partial charge in [-0.25, -0.2) is 0 Å². The lowest BCUT2D eigenvalue weighted by Gasteiger charge is -2.11. The number of nitrogens with one attached hydrogen (secondary N) is 1. The van der Waals surface area contributed by atoms with Crippen LogP contribution in [0.3, 0.4) is 0 Å². The number of methoxy groups -OCH3 is 1. The molecule has 0 spiro atoms.